The summed E-state index contributed by atoms with van der Waals surface area (Å²) in [6.07, 6.45) is 7.44. The van der Waals surface area contributed by atoms with Gasteiger partial charge in [-0.05, 0) is 56.8 Å². The number of ketones is 1. The highest BCUT2D eigenvalue weighted by molar-refractivity contribution is 6.69. The zero-order chi connectivity index (χ0) is 18.8. The van der Waals surface area contributed by atoms with Crippen molar-refractivity contribution in [2.75, 3.05) is 7.11 Å². The third-order valence-electron chi connectivity index (χ3n) is 4.18. The van der Waals surface area contributed by atoms with Gasteiger partial charge in [0, 0.05) is 17.9 Å². The molecule has 5 heteroatoms. The summed E-state index contributed by atoms with van der Waals surface area (Å²) in [6.45, 7) is 14.3. The van der Waals surface area contributed by atoms with Crippen LogP contribution in [0.15, 0.2) is 35.5 Å². The van der Waals surface area contributed by atoms with Crippen LogP contribution in [0.3, 0.4) is 0 Å². The highest BCUT2D eigenvalue weighted by Crippen LogP contribution is 2.48. The lowest BCUT2D eigenvalue weighted by Gasteiger charge is -2.50. The Morgan fingerprint density at radius 2 is 1.88 bits per heavy atom. The highest BCUT2D eigenvalue weighted by atomic mass is 28.4. The maximum atomic E-state index is 12.0. The van der Waals surface area contributed by atoms with Crippen LogP contribution in [0.2, 0.25) is 19.6 Å². The first-order valence-electron chi connectivity index (χ1n) is 8.20. The number of carbonyl (C=O) groups excluding carboxylic acids is 2. The third-order valence-corrected chi connectivity index (χ3v) is 5.11. The maximum absolute atomic E-state index is 12.0. The van der Waals surface area contributed by atoms with Gasteiger partial charge in [0.1, 0.15) is 5.60 Å². The molecule has 0 saturated carbocycles. The molecule has 0 amide bonds. The summed E-state index contributed by atoms with van der Waals surface area (Å²) in [5.74, 6) is -0.259. The van der Waals surface area contributed by atoms with E-state index in [9.17, 15) is 9.59 Å². The number of ether oxygens (including phenoxy) is 1. The van der Waals surface area contributed by atoms with Crippen molar-refractivity contribution in [3.8, 4) is 0 Å². The number of esters is 1. The predicted octanol–water partition coefficient (Wildman–Crippen LogP) is 4.20. The zero-order valence-corrected chi connectivity index (χ0v) is 17.1. The minimum absolute atomic E-state index is 0.127. The van der Waals surface area contributed by atoms with Crippen LogP contribution in [0.5, 0.6) is 0 Å². The summed E-state index contributed by atoms with van der Waals surface area (Å²) in [4.78, 5) is 23.5. The number of allylic oxidation sites excluding steroid dienone is 3. The van der Waals surface area contributed by atoms with Crippen molar-refractivity contribution >= 4 is 20.1 Å². The van der Waals surface area contributed by atoms with Crippen molar-refractivity contribution in [2.45, 2.75) is 59.4 Å². The molecular weight excluding hydrogens is 320 g/mol. The van der Waals surface area contributed by atoms with Crippen molar-refractivity contribution in [2.24, 2.45) is 5.41 Å². The van der Waals surface area contributed by atoms with Gasteiger partial charge in [0.2, 0.25) is 0 Å². The molecule has 0 fully saturated rings. The van der Waals surface area contributed by atoms with E-state index in [1.54, 1.807) is 6.08 Å². The van der Waals surface area contributed by atoms with Gasteiger partial charge in [-0.1, -0.05) is 19.9 Å². The van der Waals surface area contributed by atoms with Gasteiger partial charge in [0.05, 0.1) is 7.11 Å². The second kappa shape index (κ2) is 7.19. The SMILES string of the molecule is COC(=O)/C=C(C)\C=C\[C@@]1(O[Si](C)(C)C)C(C)=CC(=O)CC1(C)C. The minimum atomic E-state index is -1.89. The fourth-order valence-corrected chi connectivity index (χ4v) is 4.61. The van der Waals surface area contributed by atoms with Gasteiger partial charge < -0.3 is 9.16 Å². The van der Waals surface area contributed by atoms with E-state index in [1.165, 1.54) is 13.2 Å². The minimum Gasteiger partial charge on any atom is -0.466 e. The van der Waals surface area contributed by atoms with E-state index in [2.05, 4.69) is 38.2 Å². The van der Waals surface area contributed by atoms with Crippen molar-refractivity contribution in [1.29, 1.82) is 0 Å². The van der Waals surface area contributed by atoms with Crippen LogP contribution in [0.1, 0.15) is 34.1 Å². The molecule has 0 heterocycles. The van der Waals surface area contributed by atoms with Crippen molar-refractivity contribution in [3.05, 3.63) is 35.5 Å². The Hall–Kier alpha value is -1.46. The van der Waals surface area contributed by atoms with Gasteiger partial charge in [0.25, 0.3) is 0 Å². The first-order chi connectivity index (χ1) is 10.8. The molecule has 1 aliphatic rings. The lowest BCUT2D eigenvalue weighted by molar-refractivity contribution is -0.134. The Morgan fingerprint density at radius 1 is 1.29 bits per heavy atom. The normalized spacial score (nSPS) is 24.9. The molecule has 0 aromatic rings. The van der Waals surface area contributed by atoms with Gasteiger partial charge in [-0.25, -0.2) is 4.79 Å². The molecule has 134 valence electrons. The standard InChI is InChI=1S/C19H30O4Si/c1-14(11-17(21)22-5)9-10-19(23-24(6,7)8)15(2)12-16(20)13-18(19,3)4/h9-12H,13H2,1-8H3/b10-9+,14-11-/t19-/m1/s1. The molecule has 1 aliphatic carbocycles. The zero-order valence-electron chi connectivity index (χ0n) is 16.1. The molecule has 24 heavy (non-hydrogen) atoms. The summed E-state index contributed by atoms with van der Waals surface area (Å²) >= 11 is 0. The smallest absolute Gasteiger partial charge is 0.330 e. The summed E-state index contributed by atoms with van der Waals surface area (Å²) in [6, 6.07) is 0. The number of rotatable bonds is 5. The molecule has 4 nitrogen and oxygen atoms in total. The van der Waals surface area contributed by atoms with E-state index in [1.807, 2.05) is 26.0 Å². The van der Waals surface area contributed by atoms with Gasteiger partial charge in [0.15, 0.2) is 14.1 Å². The largest absolute Gasteiger partial charge is 0.466 e. The lowest BCUT2D eigenvalue weighted by Crippen LogP contribution is -2.54. The van der Waals surface area contributed by atoms with Gasteiger partial charge in [-0.2, -0.15) is 0 Å². The average molecular weight is 351 g/mol. The lowest BCUT2D eigenvalue weighted by atomic mass is 9.64. The van der Waals surface area contributed by atoms with Crippen molar-refractivity contribution in [3.63, 3.8) is 0 Å². The molecule has 0 unspecified atom stereocenters. The molecule has 0 N–H and O–H groups in total. The maximum Gasteiger partial charge on any atom is 0.330 e. The van der Waals surface area contributed by atoms with E-state index in [-0.39, 0.29) is 17.2 Å². The Morgan fingerprint density at radius 3 is 2.33 bits per heavy atom. The van der Waals surface area contributed by atoms with Crippen LogP contribution in [0.4, 0.5) is 0 Å². The monoisotopic (exact) mass is 350 g/mol. The first-order valence-corrected chi connectivity index (χ1v) is 11.6. The Labute approximate surface area is 146 Å². The number of carbonyl (C=O) groups is 2. The van der Waals surface area contributed by atoms with Gasteiger partial charge in [-0.15, -0.1) is 0 Å². The molecule has 0 aromatic carbocycles. The van der Waals surface area contributed by atoms with E-state index in [0.717, 1.165) is 11.1 Å². The number of hydrogen-bond donors (Lipinski definition) is 0. The van der Waals surface area contributed by atoms with E-state index < -0.39 is 13.9 Å². The summed E-state index contributed by atoms with van der Waals surface area (Å²) < 4.78 is 11.3. The number of hydrogen-bond acceptors (Lipinski definition) is 4. The van der Waals surface area contributed by atoms with E-state index in [0.29, 0.717) is 6.42 Å². The van der Waals surface area contributed by atoms with Gasteiger partial charge >= 0.3 is 5.97 Å². The van der Waals surface area contributed by atoms with E-state index in [4.69, 9.17) is 4.43 Å². The predicted molar refractivity (Wildman–Crippen MR) is 99.2 cm³/mol. The fraction of sp³-hybridized carbons (Fsp3) is 0.579. The molecular formula is C19H30O4Si. The molecule has 0 aromatic heterocycles. The summed E-state index contributed by atoms with van der Waals surface area (Å²) in [7, 11) is -0.539. The van der Waals surface area contributed by atoms with Crippen LogP contribution >= 0.6 is 0 Å². The second-order valence-corrected chi connectivity index (χ2v) is 12.5. The van der Waals surface area contributed by atoms with E-state index >= 15 is 0 Å². The summed E-state index contributed by atoms with van der Waals surface area (Å²) in [5.41, 5.74) is 0.663. The topological polar surface area (TPSA) is 52.6 Å². The first kappa shape index (κ1) is 20.6. The molecule has 0 saturated heterocycles. The third kappa shape index (κ3) is 4.77. The number of methoxy groups -OCH3 is 1. The average Bonchev–Trinajstić information content (AvgIpc) is 2.39. The van der Waals surface area contributed by atoms with Crippen molar-refractivity contribution in [1.82, 2.24) is 0 Å². The molecule has 0 spiro atoms. The quantitative estimate of drug-likeness (QED) is 0.323. The molecule has 0 aliphatic heterocycles. The van der Waals surface area contributed by atoms with Crippen LogP contribution in [0.25, 0.3) is 0 Å². The van der Waals surface area contributed by atoms with Crippen LogP contribution in [-0.4, -0.2) is 32.8 Å². The molecule has 0 radical (unpaired) electrons. The Bertz CT molecular complexity index is 605. The fourth-order valence-electron chi connectivity index (χ4n) is 3.13. The van der Waals surface area contributed by atoms with Crippen molar-refractivity contribution < 1.29 is 18.8 Å². The van der Waals surface area contributed by atoms with Crippen LogP contribution < -0.4 is 0 Å². The summed E-state index contributed by atoms with van der Waals surface area (Å²) in [5, 5.41) is 0. The molecule has 1 atom stereocenters. The molecule has 1 rings (SSSR count). The van der Waals surface area contributed by atoms with Crippen LogP contribution in [0, 0.1) is 5.41 Å². The molecule has 0 bridgehead atoms. The Balaban J connectivity index is 3.41. The highest BCUT2D eigenvalue weighted by Gasteiger charge is 2.50. The second-order valence-electron chi connectivity index (χ2n) is 8.05. The van der Waals surface area contributed by atoms with Gasteiger partial charge in [-0.3, -0.25) is 4.79 Å². The Kier molecular flexibility index (Phi) is 6.17. The van der Waals surface area contributed by atoms with Crippen LogP contribution in [-0.2, 0) is 18.8 Å².